The molecule has 9 heteroatoms. The second kappa shape index (κ2) is 9.42. The monoisotopic (exact) mass is 472 g/mol. The van der Waals surface area contributed by atoms with Crippen molar-refractivity contribution in [1.82, 2.24) is 0 Å². The number of hydrogen-bond donors (Lipinski definition) is 3. The quantitative estimate of drug-likeness (QED) is 0.460. The smallest absolute Gasteiger partial charge is 0.255 e. The lowest BCUT2D eigenvalue weighted by molar-refractivity contribution is -0.115. The Morgan fingerprint density at radius 1 is 0.938 bits per heavy atom. The van der Waals surface area contributed by atoms with Gasteiger partial charge < -0.3 is 15.7 Å². The van der Waals surface area contributed by atoms with Crippen LogP contribution in [0.1, 0.15) is 22.8 Å². The summed E-state index contributed by atoms with van der Waals surface area (Å²) in [5.74, 6) is -1.61. The Balaban J connectivity index is 1.78. The van der Waals surface area contributed by atoms with Gasteiger partial charge in [0, 0.05) is 11.6 Å². The van der Waals surface area contributed by atoms with Crippen molar-refractivity contribution in [3.63, 3.8) is 0 Å². The van der Waals surface area contributed by atoms with E-state index >= 15 is 0 Å². The number of anilines is 2. The molecule has 0 aliphatic heterocycles. The first kappa shape index (κ1) is 23.3. The van der Waals surface area contributed by atoms with Gasteiger partial charge in [-0.05, 0) is 49.7 Å². The molecule has 0 fully saturated rings. The summed E-state index contributed by atoms with van der Waals surface area (Å²) in [4.78, 5) is 25.0. The van der Waals surface area contributed by atoms with Gasteiger partial charge in [0.2, 0.25) is 5.91 Å². The van der Waals surface area contributed by atoms with E-state index in [0.717, 1.165) is 11.6 Å². The Morgan fingerprint density at radius 2 is 1.62 bits per heavy atom. The molecule has 0 aliphatic rings. The van der Waals surface area contributed by atoms with Gasteiger partial charge in [-0.3, -0.25) is 9.59 Å². The number of aryl methyl sites for hydroxylation is 1. The molecule has 1 unspecified atom stereocenters. The fourth-order valence-electron chi connectivity index (χ4n) is 2.91. The third-order valence-electron chi connectivity index (χ3n) is 4.78. The van der Waals surface area contributed by atoms with Gasteiger partial charge in [0.25, 0.3) is 5.91 Å². The fourth-order valence-corrected chi connectivity index (χ4v) is 4.49. The van der Waals surface area contributed by atoms with Crippen molar-refractivity contribution in [3.05, 3.63) is 82.9 Å². The molecule has 0 aliphatic carbocycles. The topological polar surface area (TPSA) is 113 Å². The second-order valence-corrected chi connectivity index (χ2v) is 9.84. The molecule has 0 aromatic heterocycles. The maximum absolute atomic E-state index is 12.8. The highest BCUT2D eigenvalue weighted by Crippen LogP contribution is 2.34. The zero-order chi connectivity index (χ0) is 23.5. The summed E-state index contributed by atoms with van der Waals surface area (Å²) in [7, 11) is -3.93. The number of phenols is 1. The minimum Gasteiger partial charge on any atom is -0.506 e. The second-order valence-electron chi connectivity index (χ2n) is 7.16. The van der Waals surface area contributed by atoms with Crippen LogP contribution in [-0.4, -0.2) is 30.6 Å². The van der Waals surface area contributed by atoms with Gasteiger partial charge in [-0.1, -0.05) is 41.9 Å². The number of amides is 2. The molecular formula is C23H21ClN2O5S. The first-order valence-corrected chi connectivity index (χ1v) is 11.5. The van der Waals surface area contributed by atoms with Crippen molar-refractivity contribution < 1.29 is 23.1 Å². The zero-order valence-electron chi connectivity index (χ0n) is 17.3. The van der Waals surface area contributed by atoms with Crippen LogP contribution in [0.3, 0.4) is 0 Å². The van der Waals surface area contributed by atoms with Gasteiger partial charge in [0.05, 0.1) is 21.3 Å². The van der Waals surface area contributed by atoms with Crippen molar-refractivity contribution >= 4 is 44.6 Å². The molecule has 0 saturated heterocycles. The molecule has 166 valence electrons. The Morgan fingerprint density at radius 3 is 2.28 bits per heavy atom. The van der Waals surface area contributed by atoms with E-state index in [9.17, 15) is 23.1 Å². The number of rotatable bonds is 6. The third kappa shape index (κ3) is 5.09. The summed E-state index contributed by atoms with van der Waals surface area (Å²) in [5, 5.41) is 13.9. The molecule has 7 nitrogen and oxygen atoms in total. The normalized spacial score (nSPS) is 12.1. The van der Waals surface area contributed by atoms with Gasteiger partial charge in [0.15, 0.2) is 9.84 Å². The molecule has 32 heavy (non-hydrogen) atoms. The number of phenolic OH excluding ortho intramolecular Hbond substituents is 1. The Bertz CT molecular complexity index is 1280. The lowest BCUT2D eigenvalue weighted by atomic mass is 10.2. The first-order chi connectivity index (χ1) is 15.1. The summed E-state index contributed by atoms with van der Waals surface area (Å²) >= 11 is 6.21. The summed E-state index contributed by atoms with van der Waals surface area (Å²) in [6.07, 6.45) is 0. The van der Waals surface area contributed by atoms with Crippen molar-refractivity contribution in [3.8, 4) is 5.75 Å². The Kier molecular flexibility index (Phi) is 6.86. The fraction of sp³-hybridized carbons (Fsp3) is 0.130. The molecule has 0 radical (unpaired) electrons. The number of hydrogen-bond acceptors (Lipinski definition) is 5. The van der Waals surface area contributed by atoms with E-state index in [-0.39, 0.29) is 27.0 Å². The van der Waals surface area contributed by atoms with Crippen LogP contribution >= 0.6 is 11.6 Å². The highest BCUT2D eigenvalue weighted by Gasteiger charge is 2.30. The molecule has 3 rings (SSSR count). The van der Waals surface area contributed by atoms with E-state index in [1.54, 1.807) is 49.4 Å². The predicted molar refractivity (Wildman–Crippen MR) is 124 cm³/mol. The maximum Gasteiger partial charge on any atom is 0.255 e. The lowest BCUT2D eigenvalue weighted by Gasteiger charge is -2.16. The van der Waals surface area contributed by atoms with Crippen LogP contribution in [0.25, 0.3) is 0 Å². The number of sulfone groups is 1. The average molecular weight is 473 g/mol. The van der Waals surface area contributed by atoms with Crippen molar-refractivity contribution in [2.75, 3.05) is 10.6 Å². The molecule has 0 heterocycles. The number of halogens is 1. The van der Waals surface area contributed by atoms with E-state index in [0.29, 0.717) is 5.56 Å². The molecule has 3 N–H and O–H groups in total. The summed E-state index contributed by atoms with van der Waals surface area (Å²) in [6.45, 7) is 3.03. The maximum atomic E-state index is 12.8. The standard InChI is InChI=1S/C23H21ClN2O5S/c1-14-7-6-10-17(11-14)32(30,31)15(2)22(28)25-19-13-21(27)20(12-18(19)24)26-23(29)16-8-4-3-5-9-16/h3-13,15,27H,1-2H3,(H,25,28)(H,26,29). The largest absolute Gasteiger partial charge is 0.506 e. The van der Waals surface area contributed by atoms with E-state index in [4.69, 9.17) is 11.6 Å². The minimum atomic E-state index is -3.93. The van der Waals surface area contributed by atoms with Crippen LogP contribution in [0.5, 0.6) is 5.75 Å². The SMILES string of the molecule is Cc1cccc(S(=O)(=O)C(C)C(=O)Nc2cc(O)c(NC(=O)c3ccccc3)cc2Cl)c1. The predicted octanol–water partition coefficient (Wildman–Crippen LogP) is 4.41. The van der Waals surface area contributed by atoms with Crippen LogP contribution in [0.15, 0.2) is 71.6 Å². The first-order valence-electron chi connectivity index (χ1n) is 9.60. The molecular weight excluding hydrogens is 452 g/mol. The van der Waals surface area contributed by atoms with Crippen LogP contribution in [-0.2, 0) is 14.6 Å². The number of nitrogens with one attached hydrogen (secondary N) is 2. The Hall–Kier alpha value is -3.36. The average Bonchev–Trinajstić information content (AvgIpc) is 2.77. The van der Waals surface area contributed by atoms with E-state index in [1.807, 2.05) is 0 Å². The third-order valence-corrected chi connectivity index (χ3v) is 7.15. The highest BCUT2D eigenvalue weighted by atomic mass is 35.5. The summed E-state index contributed by atoms with van der Waals surface area (Å²) in [6, 6.07) is 17.1. The van der Waals surface area contributed by atoms with E-state index < -0.39 is 26.9 Å². The molecule has 0 bridgehead atoms. The van der Waals surface area contributed by atoms with Gasteiger partial charge in [-0.2, -0.15) is 0 Å². The van der Waals surface area contributed by atoms with Crippen LogP contribution < -0.4 is 10.6 Å². The van der Waals surface area contributed by atoms with Gasteiger partial charge in [-0.15, -0.1) is 0 Å². The number of benzene rings is 3. The molecule has 1 atom stereocenters. The van der Waals surface area contributed by atoms with Crippen molar-refractivity contribution in [1.29, 1.82) is 0 Å². The van der Waals surface area contributed by atoms with Crippen molar-refractivity contribution in [2.24, 2.45) is 0 Å². The number of aromatic hydroxyl groups is 1. The summed E-state index contributed by atoms with van der Waals surface area (Å²) < 4.78 is 25.6. The minimum absolute atomic E-state index is 0.0122. The Labute approximate surface area is 191 Å². The molecule has 0 saturated carbocycles. The van der Waals surface area contributed by atoms with Crippen LogP contribution in [0.4, 0.5) is 11.4 Å². The molecule has 3 aromatic carbocycles. The van der Waals surface area contributed by atoms with E-state index in [2.05, 4.69) is 10.6 Å². The van der Waals surface area contributed by atoms with Crippen LogP contribution in [0.2, 0.25) is 5.02 Å². The number of carbonyl (C=O) groups is 2. The highest BCUT2D eigenvalue weighted by molar-refractivity contribution is 7.92. The van der Waals surface area contributed by atoms with Crippen LogP contribution in [0, 0.1) is 6.92 Å². The van der Waals surface area contributed by atoms with Gasteiger partial charge in [-0.25, -0.2) is 8.42 Å². The summed E-state index contributed by atoms with van der Waals surface area (Å²) in [5.41, 5.74) is 1.19. The molecule has 3 aromatic rings. The van der Waals surface area contributed by atoms with Crippen molar-refractivity contribution in [2.45, 2.75) is 24.0 Å². The van der Waals surface area contributed by atoms with Gasteiger partial charge in [0.1, 0.15) is 11.0 Å². The lowest BCUT2D eigenvalue weighted by Crippen LogP contribution is -2.32. The zero-order valence-corrected chi connectivity index (χ0v) is 18.9. The number of carbonyl (C=O) groups excluding carboxylic acids is 2. The van der Waals surface area contributed by atoms with Gasteiger partial charge >= 0.3 is 0 Å². The molecule has 0 spiro atoms. The molecule has 2 amide bonds. The van der Waals surface area contributed by atoms with E-state index in [1.165, 1.54) is 25.1 Å².